The van der Waals surface area contributed by atoms with Crippen molar-refractivity contribution in [3.8, 4) is 5.88 Å². The van der Waals surface area contributed by atoms with Gasteiger partial charge in [-0.1, -0.05) is 32.6 Å². The summed E-state index contributed by atoms with van der Waals surface area (Å²) in [5.41, 5.74) is 2.44. The lowest BCUT2D eigenvalue weighted by Crippen LogP contribution is -2.29. The Hall–Kier alpha value is -2.82. The molecular formula is C23H23F2IN4O2. The lowest BCUT2D eigenvalue weighted by atomic mass is 10.0. The fourth-order valence-electron chi connectivity index (χ4n) is 3.00. The van der Waals surface area contributed by atoms with Gasteiger partial charge in [0, 0.05) is 69.7 Å². The van der Waals surface area contributed by atoms with Gasteiger partial charge in [0.2, 0.25) is 11.8 Å². The Kier molecular flexibility index (Phi) is 7.27. The highest BCUT2D eigenvalue weighted by Crippen LogP contribution is 2.38. The summed E-state index contributed by atoms with van der Waals surface area (Å²) in [7, 11) is 1.52. The first-order valence-electron chi connectivity index (χ1n) is 9.83. The molecule has 1 aliphatic heterocycles. The normalized spacial score (nSPS) is 13.9. The smallest absolute Gasteiger partial charge is 0.322 e. The van der Waals surface area contributed by atoms with Crippen LogP contribution >= 0.6 is 22.6 Å². The van der Waals surface area contributed by atoms with E-state index in [4.69, 9.17) is 4.74 Å². The number of alkyl halides is 3. The Morgan fingerprint density at radius 1 is 1.31 bits per heavy atom. The number of hydrogen-bond acceptors (Lipinski definition) is 5. The van der Waals surface area contributed by atoms with Gasteiger partial charge in [-0.05, 0) is 23.8 Å². The Bertz CT molecular complexity index is 1090. The number of aliphatic imine (C=N–C) groups is 1. The van der Waals surface area contributed by atoms with Gasteiger partial charge in [-0.25, -0.2) is 9.98 Å². The van der Waals surface area contributed by atoms with E-state index in [1.807, 2.05) is 0 Å². The molecule has 0 radical (unpaired) electrons. The maximum absolute atomic E-state index is 14.4. The Labute approximate surface area is 199 Å². The van der Waals surface area contributed by atoms with Crippen LogP contribution in [0.2, 0.25) is 0 Å². The van der Waals surface area contributed by atoms with E-state index in [1.54, 1.807) is 50.4 Å². The van der Waals surface area contributed by atoms with Gasteiger partial charge in [0.25, 0.3) is 0 Å². The van der Waals surface area contributed by atoms with Crippen LogP contribution in [-0.4, -0.2) is 23.8 Å². The second-order valence-corrected chi connectivity index (χ2v) is 8.83. The van der Waals surface area contributed by atoms with Gasteiger partial charge >= 0.3 is 3.93 Å². The molecule has 32 heavy (non-hydrogen) atoms. The van der Waals surface area contributed by atoms with Gasteiger partial charge in [-0.2, -0.15) is 8.78 Å². The number of carbonyl (C=O) groups excluding carboxylic acids is 1. The number of allylic oxidation sites excluding steroid dienone is 1. The zero-order valence-corrected chi connectivity index (χ0v) is 20.0. The minimum Gasteiger partial charge on any atom is -0.481 e. The number of nitrogens with zero attached hydrogens (tertiary/aromatic N) is 2. The number of rotatable bonds is 7. The van der Waals surface area contributed by atoms with Gasteiger partial charge < -0.3 is 15.4 Å². The lowest BCUT2D eigenvalue weighted by Gasteiger charge is -2.22. The average molecular weight is 552 g/mol. The third-order valence-corrected chi connectivity index (χ3v) is 5.28. The maximum Gasteiger partial charge on any atom is 0.322 e. The largest absolute Gasteiger partial charge is 0.481 e. The first-order valence-corrected chi connectivity index (χ1v) is 10.9. The number of carbonyl (C=O) groups is 1. The van der Waals surface area contributed by atoms with E-state index < -0.39 is 3.93 Å². The van der Waals surface area contributed by atoms with E-state index in [9.17, 15) is 13.6 Å². The fraction of sp³-hybridized carbons (Fsp3) is 0.261. The van der Waals surface area contributed by atoms with Gasteiger partial charge in [-0.15, -0.1) is 0 Å². The Balaban J connectivity index is 2.01. The standard InChI is InChI=1S/C23H23F2IN4O2/c1-13(2)22(31)28-11-15-5-7-18(23(24,25)26)17(10-15)21-29-14(3)9-19(30-21)16-6-8-20(32-4)27-12-16/h5-10,12-13H,3,11H2,1-2,4H3,(H,28,31)(H,29,30). The second-order valence-electron chi connectivity index (χ2n) is 7.48. The fourth-order valence-corrected chi connectivity index (χ4v) is 3.47. The molecule has 0 bridgehead atoms. The average Bonchev–Trinajstić information content (AvgIpc) is 2.76. The van der Waals surface area contributed by atoms with Crippen molar-refractivity contribution >= 4 is 40.0 Å². The maximum atomic E-state index is 14.4. The lowest BCUT2D eigenvalue weighted by molar-refractivity contribution is -0.124. The second kappa shape index (κ2) is 9.76. The summed E-state index contributed by atoms with van der Waals surface area (Å²) < 4.78 is 30.7. The highest BCUT2D eigenvalue weighted by atomic mass is 127. The van der Waals surface area contributed by atoms with Gasteiger partial charge in [-0.3, -0.25) is 4.79 Å². The van der Waals surface area contributed by atoms with Crippen LogP contribution in [0.25, 0.3) is 5.70 Å². The van der Waals surface area contributed by atoms with Gasteiger partial charge in [0.05, 0.1) is 12.8 Å². The molecule has 1 aromatic heterocycles. The van der Waals surface area contributed by atoms with Crippen molar-refractivity contribution in [2.24, 2.45) is 10.9 Å². The molecule has 0 aliphatic carbocycles. The Morgan fingerprint density at radius 3 is 2.66 bits per heavy atom. The number of halogens is 3. The summed E-state index contributed by atoms with van der Waals surface area (Å²) in [5.74, 6) is 0.403. The number of amides is 1. The third kappa shape index (κ3) is 5.70. The topological polar surface area (TPSA) is 75.6 Å². The van der Waals surface area contributed by atoms with E-state index in [-0.39, 0.29) is 35.3 Å². The molecule has 2 N–H and O–H groups in total. The van der Waals surface area contributed by atoms with Crippen molar-refractivity contribution < 1.29 is 18.3 Å². The number of nitrogens with one attached hydrogen (secondary N) is 2. The number of hydrogen-bond donors (Lipinski definition) is 2. The molecule has 2 aromatic rings. The van der Waals surface area contributed by atoms with E-state index in [1.165, 1.54) is 13.2 Å². The summed E-state index contributed by atoms with van der Waals surface area (Å²) in [6, 6.07) is 8.02. The third-order valence-electron chi connectivity index (χ3n) is 4.70. The first kappa shape index (κ1) is 23.8. The van der Waals surface area contributed by atoms with Crippen LogP contribution < -0.4 is 15.4 Å². The summed E-state index contributed by atoms with van der Waals surface area (Å²) in [4.78, 5) is 20.7. The van der Waals surface area contributed by atoms with Crippen molar-refractivity contribution in [2.45, 2.75) is 24.3 Å². The first-order chi connectivity index (χ1) is 15.1. The van der Waals surface area contributed by atoms with E-state index >= 15 is 0 Å². The minimum atomic E-state index is -3.12. The molecule has 2 heterocycles. The Morgan fingerprint density at radius 2 is 2.06 bits per heavy atom. The van der Waals surface area contributed by atoms with E-state index in [0.29, 0.717) is 28.4 Å². The van der Waals surface area contributed by atoms with Gasteiger partial charge in [0.15, 0.2) is 0 Å². The molecule has 9 heteroatoms. The van der Waals surface area contributed by atoms with Crippen molar-refractivity contribution in [3.05, 3.63) is 77.1 Å². The van der Waals surface area contributed by atoms with Crippen LogP contribution in [0, 0.1) is 5.92 Å². The minimum absolute atomic E-state index is 0.117. The number of pyridine rings is 1. The van der Waals surface area contributed by atoms with Crippen molar-refractivity contribution in [1.82, 2.24) is 15.6 Å². The number of benzene rings is 1. The van der Waals surface area contributed by atoms with Crippen LogP contribution in [0.5, 0.6) is 5.88 Å². The molecule has 0 fully saturated rings. The van der Waals surface area contributed by atoms with Crippen LogP contribution in [0.4, 0.5) is 8.78 Å². The molecule has 1 aliphatic rings. The number of methoxy groups -OCH3 is 1. The SMILES string of the molecule is C=C1C=C(c2ccc(OC)nc2)N=C(c2cc(CNC(=O)C(C)C)ccc2C(F)(F)I)N1. The summed E-state index contributed by atoms with van der Waals surface area (Å²) in [6.45, 7) is 7.72. The monoisotopic (exact) mass is 552 g/mol. The molecule has 168 valence electrons. The van der Waals surface area contributed by atoms with Crippen LogP contribution in [0.3, 0.4) is 0 Å². The number of ether oxygens (including phenoxy) is 1. The molecular weight excluding hydrogens is 529 g/mol. The molecule has 3 rings (SSSR count). The predicted octanol–water partition coefficient (Wildman–Crippen LogP) is 4.75. The molecule has 0 saturated heterocycles. The molecule has 0 unspecified atom stereocenters. The van der Waals surface area contributed by atoms with Crippen molar-refractivity contribution in [3.63, 3.8) is 0 Å². The summed E-state index contributed by atoms with van der Waals surface area (Å²) in [6.07, 6.45) is 3.30. The highest BCUT2D eigenvalue weighted by Gasteiger charge is 2.32. The predicted molar refractivity (Wildman–Crippen MR) is 129 cm³/mol. The quantitative estimate of drug-likeness (QED) is 0.384. The molecule has 0 spiro atoms. The molecule has 1 aromatic carbocycles. The van der Waals surface area contributed by atoms with Crippen molar-refractivity contribution in [2.75, 3.05) is 7.11 Å². The zero-order chi connectivity index (χ0) is 23.5. The molecule has 1 amide bonds. The zero-order valence-electron chi connectivity index (χ0n) is 17.9. The molecule has 0 saturated carbocycles. The molecule has 6 nitrogen and oxygen atoms in total. The summed E-state index contributed by atoms with van der Waals surface area (Å²) >= 11 is 1.10. The van der Waals surface area contributed by atoms with E-state index in [2.05, 4.69) is 27.2 Å². The van der Waals surface area contributed by atoms with E-state index in [0.717, 1.165) is 22.6 Å². The number of amidine groups is 1. The molecule has 0 atom stereocenters. The summed E-state index contributed by atoms with van der Waals surface area (Å²) in [5, 5.41) is 5.79. The number of aromatic nitrogens is 1. The van der Waals surface area contributed by atoms with Crippen LogP contribution in [0.1, 0.15) is 36.1 Å². The van der Waals surface area contributed by atoms with Gasteiger partial charge in [0.1, 0.15) is 5.84 Å². The van der Waals surface area contributed by atoms with Crippen LogP contribution in [-0.2, 0) is 15.3 Å². The van der Waals surface area contributed by atoms with Crippen molar-refractivity contribution in [1.29, 1.82) is 0 Å². The van der Waals surface area contributed by atoms with Crippen LogP contribution in [0.15, 0.2) is 59.9 Å². The highest BCUT2D eigenvalue weighted by molar-refractivity contribution is 14.1.